The minimum absolute atomic E-state index is 0.419. The van der Waals surface area contributed by atoms with E-state index < -0.39 is 0 Å². The van der Waals surface area contributed by atoms with Gasteiger partial charge in [-0.2, -0.15) is 0 Å². The third kappa shape index (κ3) is 2.56. The second-order valence-electron chi connectivity index (χ2n) is 4.97. The highest BCUT2D eigenvalue weighted by Gasteiger charge is 2.19. The summed E-state index contributed by atoms with van der Waals surface area (Å²) in [4.78, 5) is 6.41. The number of hydrogen-bond donors (Lipinski definition) is 1. The fourth-order valence-electron chi connectivity index (χ4n) is 2.65. The number of anilines is 2. The summed E-state index contributed by atoms with van der Waals surface area (Å²) in [6.07, 6.45) is 3.87. The van der Waals surface area contributed by atoms with Gasteiger partial charge in [0.15, 0.2) is 0 Å². The van der Waals surface area contributed by atoms with Gasteiger partial charge < -0.3 is 10.6 Å². The third-order valence-corrected chi connectivity index (χ3v) is 4.20. The van der Waals surface area contributed by atoms with Crippen LogP contribution in [0.2, 0.25) is 10.2 Å². The van der Waals surface area contributed by atoms with E-state index >= 15 is 0 Å². The predicted molar refractivity (Wildman–Crippen MR) is 84.5 cm³/mol. The molecule has 1 aliphatic rings. The van der Waals surface area contributed by atoms with Crippen molar-refractivity contribution < 1.29 is 0 Å². The molecular formula is C15H15Cl2N3. The highest BCUT2D eigenvalue weighted by molar-refractivity contribution is 6.34. The van der Waals surface area contributed by atoms with Gasteiger partial charge in [-0.3, -0.25) is 0 Å². The van der Waals surface area contributed by atoms with Crippen LogP contribution in [0, 0.1) is 0 Å². The standard InChI is InChI=1S/C15H15Cl2N3/c16-12-7-15(17)19-8-10(12)9-20-6-2-3-11-13(18)4-1-5-14(11)20/h1,4-5,7-8H,2-3,6,9,18H2. The Labute approximate surface area is 128 Å². The zero-order chi connectivity index (χ0) is 14.1. The summed E-state index contributed by atoms with van der Waals surface area (Å²) in [5.74, 6) is 0. The van der Waals surface area contributed by atoms with Gasteiger partial charge in [0.25, 0.3) is 0 Å². The van der Waals surface area contributed by atoms with Crippen molar-refractivity contribution in [3.05, 3.63) is 51.8 Å². The van der Waals surface area contributed by atoms with Gasteiger partial charge in [0, 0.05) is 36.2 Å². The van der Waals surface area contributed by atoms with Crippen molar-refractivity contribution in [2.24, 2.45) is 0 Å². The zero-order valence-corrected chi connectivity index (χ0v) is 12.5. The molecule has 20 heavy (non-hydrogen) atoms. The maximum absolute atomic E-state index is 6.23. The van der Waals surface area contributed by atoms with Crippen molar-refractivity contribution in [1.29, 1.82) is 0 Å². The number of aromatic nitrogens is 1. The number of hydrogen-bond acceptors (Lipinski definition) is 3. The minimum atomic E-state index is 0.419. The molecule has 0 radical (unpaired) electrons. The molecule has 2 aromatic rings. The quantitative estimate of drug-likeness (QED) is 0.675. The SMILES string of the molecule is Nc1cccc2c1CCCN2Cc1cnc(Cl)cc1Cl. The van der Waals surface area contributed by atoms with Crippen molar-refractivity contribution in [3.8, 4) is 0 Å². The molecule has 0 bridgehead atoms. The van der Waals surface area contributed by atoms with Gasteiger partial charge in [0.2, 0.25) is 0 Å². The Hall–Kier alpha value is -1.45. The summed E-state index contributed by atoms with van der Waals surface area (Å²) < 4.78 is 0. The lowest BCUT2D eigenvalue weighted by Gasteiger charge is -2.32. The molecular weight excluding hydrogens is 293 g/mol. The van der Waals surface area contributed by atoms with Crippen molar-refractivity contribution >= 4 is 34.6 Å². The van der Waals surface area contributed by atoms with Gasteiger partial charge in [-0.15, -0.1) is 0 Å². The molecule has 0 aliphatic carbocycles. The van der Waals surface area contributed by atoms with Gasteiger partial charge in [0.05, 0.1) is 5.02 Å². The van der Waals surface area contributed by atoms with Crippen LogP contribution in [0.4, 0.5) is 11.4 Å². The summed E-state index contributed by atoms with van der Waals surface area (Å²) in [5, 5.41) is 1.07. The topological polar surface area (TPSA) is 42.1 Å². The van der Waals surface area contributed by atoms with Crippen molar-refractivity contribution in [2.75, 3.05) is 17.2 Å². The number of nitrogen functional groups attached to an aromatic ring is 1. The second-order valence-corrected chi connectivity index (χ2v) is 5.76. The number of nitrogens with two attached hydrogens (primary N) is 1. The number of pyridine rings is 1. The van der Waals surface area contributed by atoms with Crippen LogP contribution in [0.5, 0.6) is 0 Å². The second kappa shape index (κ2) is 5.51. The van der Waals surface area contributed by atoms with Crippen LogP contribution in [-0.4, -0.2) is 11.5 Å². The fraction of sp³-hybridized carbons (Fsp3) is 0.267. The summed E-state index contributed by atoms with van der Waals surface area (Å²) in [7, 11) is 0. The monoisotopic (exact) mass is 307 g/mol. The van der Waals surface area contributed by atoms with E-state index in [1.807, 2.05) is 12.1 Å². The molecule has 5 heteroatoms. The first-order valence-corrected chi connectivity index (χ1v) is 7.33. The summed E-state index contributed by atoms with van der Waals surface area (Å²) >= 11 is 12.1. The van der Waals surface area contributed by atoms with Crippen molar-refractivity contribution in [1.82, 2.24) is 4.98 Å². The van der Waals surface area contributed by atoms with Crippen LogP contribution < -0.4 is 10.6 Å². The van der Waals surface area contributed by atoms with Gasteiger partial charge in [-0.05, 0) is 36.6 Å². The van der Waals surface area contributed by atoms with Crippen LogP contribution in [0.1, 0.15) is 17.5 Å². The molecule has 1 aromatic carbocycles. The Morgan fingerprint density at radius 3 is 2.95 bits per heavy atom. The molecule has 1 aromatic heterocycles. The van der Waals surface area contributed by atoms with Gasteiger partial charge in [0.1, 0.15) is 5.15 Å². The largest absolute Gasteiger partial charge is 0.398 e. The van der Waals surface area contributed by atoms with Crippen LogP contribution >= 0.6 is 23.2 Å². The Balaban J connectivity index is 1.91. The molecule has 104 valence electrons. The van der Waals surface area contributed by atoms with Gasteiger partial charge in [-0.1, -0.05) is 29.3 Å². The maximum Gasteiger partial charge on any atom is 0.130 e. The van der Waals surface area contributed by atoms with Crippen molar-refractivity contribution in [3.63, 3.8) is 0 Å². The molecule has 0 saturated heterocycles. The molecule has 0 atom stereocenters. The molecule has 0 amide bonds. The zero-order valence-electron chi connectivity index (χ0n) is 10.9. The van der Waals surface area contributed by atoms with E-state index in [0.717, 1.165) is 37.2 Å². The van der Waals surface area contributed by atoms with E-state index in [1.165, 1.54) is 11.3 Å². The molecule has 0 spiro atoms. The van der Waals surface area contributed by atoms with E-state index in [9.17, 15) is 0 Å². The number of fused-ring (bicyclic) bond motifs is 1. The Morgan fingerprint density at radius 1 is 1.30 bits per heavy atom. The summed E-state index contributed by atoms with van der Waals surface area (Å²) in [6, 6.07) is 7.75. The van der Waals surface area contributed by atoms with Gasteiger partial charge in [-0.25, -0.2) is 4.98 Å². The Morgan fingerprint density at radius 2 is 2.15 bits per heavy atom. The third-order valence-electron chi connectivity index (χ3n) is 3.64. The van der Waals surface area contributed by atoms with Crippen LogP contribution in [-0.2, 0) is 13.0 Å². The lowest BCUT2D eigenvalue weighted by Crippen LogP contribution is -2.29. The number of benzene rings is 1. The lowest BCUT2D eigenvalue weighted by molar-refractivity contribution is 0.691. The van der Waals surface area contributed by atoms with E-state index in [4.69, 9.17) is 28.9 Å². The molecule has 3 nitrogen and oxygen atoms in total. The molecule has 0 unspecified atom stereocenters. The van der Waals surface area contributed by atoms with E-state index in [1.54, 1.807) is 12.3 Å². The highest BCUT2D eigenvalue weighted by Crippen LogP contribution is 2.33. The molecule has 1 aliphatic heterocycles. The smallest absolute Gasteiger partial charge is 0.130 e. The summed E-state index contributed by atoms with van der Waals surface area (Å²) in [6.45, 7) is 1.72. The number of rotatable bonds is 2. The van der Waals surface area contributed by atoms with E-state index in [2.05, 4.69) is 16.0 Å². The Bertz CT molecular complexity index is 643. The first-order valence-electron chi connectivity index (χ1n) is 6.57. The van der Waals surface area contributed by atoms with E-state index in [-0.39, 0.29) is 0 Å². The van der Waals surface area contributed by atoms with Crippen molar-refractivity contribution in [2.45, 2.75) is 19.4 Å². The fourth-order valence-corrected chi connectivity index (χ4v) is 3.08. The molecule has 0 fully saturated rings. The lowest BCUT2D eigenvalue weighted by atomic mass is 9.99. The average Bonchev–Trinajstić information content (AvgIpc) is 2.43. The normalized spacial score (nSPS) is 14.2. The molecule has 3 rings (SSSR count). The minimum Gasteiger partial charge on any atom is -0.398 e. The van der Waals surface area contributed by atoms with Crippen LogP contribution in [0.3, 0.4) is 0 Å². The number of nitrogens with zero attached hydrogens (tertiary/aromatic N) is 2. The first kappa shape index (κ1) is 13.5. The maximum atomic E-state index is 6.23. The summed E-state index contributed by atoms with van der Waals surface area (Å²) in [5.41, 5.74) is 10.3. The highest BCUT2D eigenvalue weighted by atomic mass is 35.5. The van der Waals surface area contributed by atoms with E-state index in [0.29, 0.717) is 10.2 Å². The average molecular weight is 308 g/mol. The molecule has 0 saturated carbocycles. The number of halogens is 2. The molecule has 2 N–H and O–H groups in total. The van der Waals surface area contributed by atoms with Crippen LogP contribution in [0.15, 0.2) is 30.5 Å². The predicted octanol–water partition coefficient (Wildman–Crippen LogP) is 3.92. The first-order chi connectivity index (χ1) is 9.65. The Kier molecular flexibility index (Phi) is 3.72. The van der Waals surface area contributed by atoms with Gasteiger partial charge >= 0.3 is 0 Å². The van der Waals surface area contributed by atoms with Crippen LogP contribution in [0.25, 0.3) is 0 Å². The molecule has 2 heterocycles.